The Labute approximate surface area is 109 Å². The summed E-state index contributed by atoms with van der Waals surface area (Å²) in [5.41, 5.74) is 3.46. The minimum atomic E-state index is 0.462. The summed E-state index contributed by atoms with van der Waals surface area (Å²) < 4.78 is 0. The molecule has 1 atom stereocenters. The molecule has 0 amide bonds. The monoisotopic (exact) mass is 284 g/mol. The van der Waals surface area contributed by atoms with E-state index in [1.54, 1.807) is 0 Å². The SMILES string of the molecule is C=C1CCCC(C)(C)[C@@H]1CC/C(C)=C/CBr. The van der Waals surface area contributed by atoms with E-state index in [4.69, 9.17) is 0 Å². The molecule has 1 rings (SSSR count). The number of hydrogen-bond acceptors (Lipinski definition) is 0. The molecule has 0 aromatic carbocycles. The van der Waals surface area contributed by atoms with Crippen LogP contribution < -0.4 is 0 Å². The fourth-order valence-corrected chi connectivity index (χ4v) is 3.43. The Morgan fingerprint density at radius 3 is 2.81 bits per heavy atom. The van der Waals surface area contributed by atoms with Gasteiger partial charge in [-0.15, -0.1) is 0 Å². The summed E-state index contributed by atoms with van der Waals surface area (Å²) in [5.74, 6) is 0.722. The third-order valence-electron chi connectivity index (χ3n) is 4.01. The van der Waals surface area contributed by atoms with Gasteiger partial charge >= 0.3 is 0 Å². The van der Waals surface area contributed by atoms with Gasteiger partial charge in [0.25, 0.3) is 0 Å². The predicted molar refractivity (Wildman–Crippen MR) is 77.0 cm³/mol. The van der Waals surface area contributed by atoms with E-state index in [0.29, 0.717) is 5.41 Å². The summed E-state index contributed by atoms with van der Waals surface area (Å²) in [6.45, 7) is 11.3. The maximum absolute atomic E-state index is 4.29. The highest BCUT2D eigenvalue weighted by Crippen LogP contribution is 2.45. The Morgan fingerprint density at radius 1 is 1.56 bits per heavy atom. The number of halogens is 1. The van der Waals surface area contributed by atoms with Gasteiger partial charge in [-0.2, -0.15) is 0 Å². The van der Waals surface area contributed by atoms with Crippen molar-refractivity contribution in [3.8, 4) is 0 Å². The summed E-state index contributed by atoms with van der Waals surface area (Å²) >= 11 is 3.46. The summed E-state index contributed by atoms with van der Waals surface area (Å²) in [7, 11) is 0. The van der Waals surface area contributed by atoms with Gasteiger partial charge in [0, 0.05) is 5.33 Å². The molecule has 1 heteroatoms. The first kappa shape index (κ1) is 14.0. The summed E-state index contributed by atoms with van der Waals surface area (Å²) in [6.07, 6.45) is 8.71. The van der Waals surface area contributed by atoms with Gasteiger partial charge in [0.1, 0.15) is 0 Å². The van der Waals surface area contributed by atoms with Gasteiger partial charge in [0.05, 0.1) is 0 Å². The Kier molecular flexibility index (Phi) is 5.30. The number of alkyl halides is 1. The molecule has 1 aliphatic rings. The van der Waals surface area contributed by atoms with Crippen molar-refractivity contribution < 1.29 is 0 Å². The van der Waals surface area contributed by atoms with Gasteiger partial charge in [-0.3, -0.25) is 0 Å². The predicted octanol–water partition coefficient (Wildman–Crippen LogP) is 5.49. The van der Waals surface area contributed by atoms with E-state index in [0.717, 1.165) is 11.2 Å². The van der Waals surface area contributed by atoms with Crippen LogP contribution in [-0.4, -0.2) is 5.33 Å². The maximum Gasteiger partial charge on any atom is 0.0214 e. The standard InChI is InChI=1S/C15H25Br/c1-12(9-11-16)7-8-14-13(2)6-5-10-15(14,3)4/h9,14H,2,5-8,10-11H2,1,3-4H3/b12-9+/t14-/m1/s1. The van der Waals surface area contributed by atoms with Crippen LogP contribution in [0, 0.1) is 11.3 Å². The molecule has 0 radical (unpaired) electrons. The average molecular weight is 285 g/mol. The zero-order valence-electron chi connectivity index (χ0n) is 11.0. The highest BCUT2D eigenvalue weighted by Gasteiger charge is 2.33. The normalized spacial score (nSPS) is 25.9. The van der Waals surface area contributed by atoms with Crippen molar-refractivity contribution in [3.63, 3.8) is 0 Å². The van der Waals surface area contributed by atoms with Crippen molar-refractivity contribution >= 4 is 15.9 Å². The van der Waals surface area contributed by atoms with E-state index in [1.165, 1.54) is 43.3 Å². The lowest BCUT2D eigenvalue weighted by atomic mass is 9.65. The summed E-state index contributed by atoms with van der Waals surface area (Å²) in [5, 5.41) is 0.980. The van der Waals surface area contributed by atoms with E-state index in [9.17, 15) is 0 Å². The maximum atomic E-state index is 4.29. The molecular formula is C15H25Br. The van der Waals surface area contributed by atoms with E-state index >= 15 is 0 Å². The summed E-state index contributed by atoms with van der Waals surface area (Å²) in [6, 6.07) is 0. The molecule has 0 nitrogen and oxygen atoms in total. The zero-order chi connectivity index (χ0) is 12.2. The second kappa shape index (κ2) is 6.05. The molecule has 0 aromatic heterocycles. The molecule has 92 valence electrons. The quantitative estimate of drug-likeness (QED) is 0.473. The molecule has 0 bridgehead atoms. The highest BCUT2D eigenvalue weighted by atomic mass is 79.9. The van der Waals surface area contributed by atoms with Crippen LogP contribution in [0.15, 0.2) is 23.8 Å². The van der Waals surface area contributed by atoms with Crippen molar-refractivity contribution in [1.29, 1.82) is 0 Å². The van der Waals surface area contributed by atoms with Crippen molar-refractivity contribution in [2.24, 2.45) is 11.3 Å². The number of hydrogen-bond donors (Lipinski definition) is 0. The molecule has 1 fully saturated rings. The second-order valence-corrected chi connectivity index (χ2v) is 6.44. The van der Waals surface area contributed by atoms with E-state index in [2.05, 4.69) is 49.4 Å². The lowest BCUT2D eigenvalue weighted by molar-refractivity contribution is 0.180. The van der Waals surface area contributed by atoms with Crippen LogP contribution in [0.2, 0.25) is 0 Å². The van der Waals surface area contributed by atoms with Gasteiger partial charge < -0.3 is 0 Å². The summed E-state index contributed by atoms with van der Waals surface area (Å²) in [4.78, 5) is 0. The van der Waals surface area contributed by atoms with Crippen LogP contribution in [0.4, 0.5) is 0 Å². The smallest absolute Gasteiger partial charge is 0.0214 e. The molecule has 0 aromatic rings. The first-order valence-electron chi connectivity index (χ1n) is 6.36. The molecule has 0 heterocycles. The fourth-order valence-electron chi connectivity index (χ4n) is 2.87. The van der Waals surface area contributed by atoms with Crippen molar-refractivity contribution in [2.45, 2.75) is 52.9 Å². The largest absolute Gasteiger partial charge is 0.0996 e. The average Bonchev–Trinajstić information content (AvgIpc) is 2.16. The van der Waals surface area contributed by atoms with Crippen molar-refractivity contribution in [3.05, 3.63) is 23.8 Å². The van der Waals surface area contributed by atoms with Crippen LogP contribution in [0.1, 0.15) is 52.9 Å². The van der Waals surface area contributed by atoms with Crippen molar-refractivity contribution in [1.82, 2.24) is 0 Å². The fraction of sp³-hybridized carbons (Fsp3) is 0.733. The molecule has 0 spiro atoms. The van der Waals surface area contributed by atoms with Crippen molar-refractivity contribution in [2.75, 3.05) is 5.33 Å². The van der Waals surface area contributed by atoms with Gasteiger partial charge in [0.15, 0.2) is 0 Å². The van der Waals surface area contributed by atoms with Gasteiger partial charge in [0.2, 0.25) is 0 Å². The minimum Gasteiger partial charge on any atom is -0.0996 e. The first-order chi connectivity index (χ1) is 7.47. The van der Waals surface area contributed by atoms with Gasteiger partial charge in [-0.1, -0.05) is 53.6 Å². The first-order valence-corrected chi connectivity index (χ1v) is 7.49. The third-order valence-corrected chi connectivity index (χ3v) is 4.33. The molecule has 0 saturated heterocycles. The topological polar surface area (TPSA) is 0 Å². The molecule has 0 N–H and O–H groups in total. The van der Waals surface area contributed by atoms with E-state index in [-0.39, 0.29) is 0 Å². The van der Waals surface area contributed by atoms with E-state index < -0.39 is 0 Å². The lowest BCUT2D eigenvalue weighted by Crippen LogP contribution is -2.29. The Morgan fingerprint density at radius 2 is 2.25 bits per heavy atom. The van der Waals surface area contributed by atoms with Crippen LogP contribution in [0.25, 0.3) is 0 Å². The number of rotatable bonds is 4. The second-order valence-electron chi connectivity index (χ2n) is 5.80. The zero-order valence-corrected chi connectivity index (χ0v) is 12.6. The molecular weight excluding hydrogens is 260 g/mol. The van der Waals surface area contributed by atoms with E-state index in [1.807, 2.05) is 0 Å². The Balaban J connectivity index is 2.56. The molecule has 0 unspecified atom stereocenters. The van der Waals surface area contributed by atoms with Gasteiger partial charge in [-0.05, 0) is 50.4 Å². The minimum absolute atomic E-state index is 0.462. The number of allylic oxidation sites excluding steroid dienone is 3. The van der Waals surface area contributed by atoms with Crippen LogP contribution in [-0.2, 0) is 0 Å². The van der Waals surface area contributed by atoms with Gasteiger partial charge in [-0.25, -0.2) is 0 Å². The van der Waals surface area contributed by atoms with Crippen LogP contribution in [0.5, 0.6) is 0 Å². The third kappa shape index (κ3) is 3.76. The molecule has 1 aliphatic carbocycles. The Bertz CT molecular complexity index is 273. The molecule has 1 saturated carbocycles. The van der Waals surface area contributed by atoms with Crippen LogP contribution >= 0.6 is 15.9 Å². The lowest BCUT2D eigenvalue weighted by Gasteiger charge is -2.40. The molecule has 0 aliphatic heterocycles. The highest BCUT2D eigenvalue weighted by molar-refractivity contribution is 9.09. The molecule has 16 heavy (non-hydrogen) atoms. The Hall–Kier alpha value is -0.0400. The van der Waals surface area contributed by atoms with Crippen LogP contribution in [0.3, 0.4) is 0 Å².